The van der Waals surface area contributed by atoms with E-state index in [2.05, 4.69) is 30.0 Å². The smallest absolute Gasteiger partial charge is 0.310 e. The van der Waals surface area contributed by atoms with Gasteiger partial charge in [0.1, 0.15) is 0 Å². The first-order valence-electron chi connectivity index (χ1n) is 7.58. The number of hydrogen-bond donors (Lipinski definition) is 0. The minimum absolute atomic E-state index is 0.0365. The molecule has 0 bridgehead atoms. The zero-order valence-corrected chi connectivity index (χ0v) is 12.4. The number of benzene rings is 1. The lowest BCUT2D eigenvalue weighted by Crippen LogP contribution is -2.24. The summed E-state index contributed by atoms with van der Waals surface area (Å²) in [6.07, 6.45) is 3.76. The van der Waals surface area contributed by atoms with Crippen LogP contribution in [0.4, 0.5) is 0 Å². The van der Waals surface area contributed by atoms with Crippen LogP contribution in [0, 0.1) is 11.8 Å². The summed E-state index contributed by atoms with van der Waals surface area (Å²) in [5.41, 5.74) is 4.43. The number of aryl methyl sites for hydroxylation is 2. The van der Waals surface area contributed by atoms with Crippen molar-refractivity contribution in [1.82, 2.24) is 4.90 Å². The number of rotatable bonds is 3. The van der Waals surface area contributed by atoms with Crippen molar-refractivity contribution in [2.75, 3.05) is 20.2 Å². The van der Waals surface area contributed by atoms with Crippen LogP contribution in [-0.4, -0.2) is 31.1 Å². The SMILES string of the molecule is COC(=O)C1CN(Cc2ccc3c(c2)CCC3)CC1C. The fourth-order valence-electron chi connectivity index (χ4n) is 3.64. The van der Waals surface area contributed by atoms with Gasteiger partial charge in [-0.1, -0.05) is 25.1 Å². The molecule has 0 amide bonds. The van der Waals surface area contributed by atoms with Gasteiger partial charge in [-0.3, -0.25) is 9.69 Å². The predicted molar refractivity (Wildman–Crippen MR) is 78.4 cm³/mol. The van der Waals surface area contributed by atoms with Crippen LogP contribution in [0.25, 0.3) is 0 Å². The molecule has 2 aliphatic rings. The van der Waals surface area contributed by atoms with Crippen molar-refractivity contribution in [1.29, 1.82) is 0 Å². The van der Waals surface area contributed by atoms with Gasteiger partial charge in [-0.25, -0.2) is 0 Å². The molecule has 1 fully saturated rings. The average molecular weight is 273 g/mol. The van der Waals surface area contributed by atoms with Crippen LogP contribution in [0.2, 0.25) is 0 Å². The highest BCUT2D eigenvalue weighted by atomic mass is 16.5. The number of fused-ring (bicyclic) bond motifs is 1. The molecule has 108 valence electrons. The van der Waals surface area contributed by atoms with Crippen LogP contribution < -0.4 is 0 Å². The minimum Gasteiger partial charge on any atom is -0.469 e. The molecule has 0 aromatic heterocycles. The maximum atomic E-state index is 11.7. The Labute approximate surface area is 120 Å². The maximum Gasteiger partial charge on any atom is 0.310 e. The first kappa shape index (κ1) is 13.6. The first-order chi connectivity index (χ1) is 9.67. The van der Waals surface area contributed by atoms with Gasteiger partial charge < -0.3 is 4.74 Å². The third kappa shape index (κ3) is 2.59. The Hall–Kier alpha value is -1.35. The Morgan fingerprint density at radius 1 is 1.30 bits per heavy atom. The van der Waals surface area contributed by atoms with Crippen molar-refractivity contribution in [3.63, 3.8) is 0 Å². The molecule has 1 heterocycles. The highest BCUT2D eigenvalue weighted by Gasteiger charge is 2.35. The van der Waals surface area contributed by atoms with Gasteiger partial charge in [-0.15, -0.1) is 0 Å². The second-order valence-electron chi connectivity index (χ2n) is 6.26. The van der Waals surface area contributed by atoms with Crippen molar-refractivity contribution in [2.24, 2.45) is 11.8 Å². The lowest BCUT2D eigenvalue weighted by atomic mass is 9.99. The predicted octanol–water partition coefficient (Wildman–Crippen LogP) is 2.42. The first-order valence-corrected chi connectivity index (χ1v) is 7.58. The molecule has 1 aromatic carbocycles. The van der Waals surface area contributed by atoms with E-state index in [0.29, 0.717) is 5.92 Å². The van der Waals surface area contributed by atoms with Crippen LogP contribution >= 0.6 is 0 Å². The van der Waals surface area contributed by atoms with Crippen molar-refractivity contribution in [3.05, 3.63) is 34.9 Å². The zero-order valence-electron chi connectivity index (χ0n) is 12.4. The Morgan fingerprint density at radius 2 is 2.10 bits per heavy atom. The van der Waals surface area contributed by atoms with Crippen LogP contribution in [0.1, 0.15) is 30.0 Å². The summed E-state index contributed by atoms with van der Waals surface area (Å²) in [5, 5.41) is 0. The second kappa shape index (κ2) is 5.57. The molecule has 2 atom stereocenters. The fourth-order valence-corrected chi connectivity index (χ4v) is 3.64. The quantitative estimate of drug-likeness (QED) is 0.792. The standard InChI is InChI=1S/C17H23NO2/c1-12-9-18(11-16(12)17(19)20-2)10-13-6-7-14-4-3-5-15(14)8-13/h6-8,12,16H,3-5,9-11H2,1-2H3. The lowest BCUT2D eigenvalue weighted by Gasteiger charge is -2.16. The Morgan fingerprint density at radius 3 is 2.90 bits per heavy atom. The Bertz CT molecular complexity index is 512. The molecule has 0 saturated carbocycles. The van der Waals surface area contributed by atoms with Gasteiger partial charge in [0.05, 0.1) is 13.0 Å². The van der Waals surface area contributed by atoms with Crippen LogP contribution in [0.3, 0.4) is 0 Å². The zero-order chi connectivity index (χ0) is 14.1. The highest BCUT2D eigenvalue weighted by molar-refractivity contribution is 5.73. The number of methoxy groups -OCH3 is 1. The molecular formula is C17H23NO2. The normalized spacial score (nSPS) is 25.7. The molecule has 3 heteroatoms. The number of hydrogen-bond acceptors (Lipinski definition) is 3. The van der Waals surface area contributed by atoms with Gasteiger partial charge in [0, 0.05) is 19.6 Å². The van der Waals surface area contributed by atoms with E-state index in [-0.39, 0.29) is 11.9 Å². The number of carbonyl (C=O) groups is 1. The van der Waals surface area contributed by atoms with Crippen molar-refractivity contribution < 1.29 is 9.53 Å². The van der Waals surface area contributed by atoms with Gasteiger partial charge >= 0.3 is 5.97 Å². The molecule has 2 unspecified atom stereocenters. The van der Waals surface area contributed by atoms with E-state index in [1.165, 1.54) is 43.1 Å². The van der Waals surface area contributed by atoms with E-state index in [9.17, 15) is 4.79 Å². The van der Waals surface area contributed by atoms with Gasteiger partial charge in [0.2, 0.25) is 0 Å². The monoisotopic (exact) mass is 273 g/mol. The van der Waals surface area contributed by atoms with E-state index >= 15 is 0 Å². The van der Waals surface area contributed by atoms with Gasteiger partial charge in [-0.05, 0) is 41.9 Å². The Kier molecular flexibility index (Phi) is 3.79. The molecule has 0 N–H and O–H groups in total. The summed E-state index contributed by atoms with van der Waals surface area (Å²) in [4.78, 5) is 14.1. The van der Waals surface area contributed by atoms with Gasteiger partial charge in [0.25, 0.3) is 0 Å². The van der Waals surface area contributed by atoms with Crippen LogP contribution in [0.15, 0.2) is 18.2 Å². The van der Waals surface area contributed by atoms with Gasteiger partial charge in [-0.2, -0.15) is 0 Å². The molecule has 20 heavy (non-hydrogen) atoms. The number of esters is 1. The largest absolute Gasteiger partial charge is 0.469 e. The van der Waals surface area contributed by atoms with Crippen molar-refractivity contribution in [2.45, 2.75) is 32.7 Å². The third-order valence-corrected chi connectivity index (χ3v) is 4.76. The van der Waals surface area contributed by atoms with Gasteiger partial charge in [0.15, 0.2) is 0 Å². The number of nitrogens with zero attached hydrogens (tertiary/aromatic N) is 1. The second-order valence-corrected chi connectivity index (χ2v) is 6.26. The van der Waals surface area contributed by atoms with E-state index in [0.717, 1.165) is 19.6 Å². The molecule has 1 aliphatic carbocycles. The molecule has 1 aliphatic heterocycles. The van der Waals surface area contributed by atoms with E-state index in [4.69, 9.17) is 4.74 Å². The molecule has 1 aromatic rings. The minimum atomic E-state index is -0.0612. The van der Waals surface area contributed by atoms with Crippen LogP contribution in [0.5, 0.6) is 0 Å². The fraction of sp³-hybridized carbons (Fsp3) is 0.588. The summed E-state index contributed by atoms with van der Waals surface area (Å²) in [6.45, 7) is 4.90. The van der Waals surface area contributed by atoms with Crippen molar-refractivity contribution in [3.8, 4) is 0 Å². The molecule has 3 nitrogen and oxygen atoms in total. The number of ether oxygens (including phenoxy) is 1. The molecule has 1 saturated heterocycles. The maximum absolute atomic E-state index is 11.7. The number of carbonyl (C=O) groups excluding carboxylic acids is 1. The summed E-state index contributed by atoms with van der Waals surface area (Å²) in [5.74, 6) is 0.361. The topological polar surface area (TPSA) is 29.5 Å². The average Bonchev–Trinajstić information content (AvgIpc) is 3.04. The molecule has 3 rings (SSSR count). The summed E-state index contributed by atoms with van der Waals surface area (Å²) < 4.78 is 4.90. The molecular weight excluding hydrogens is 250 g/mol. The third-order valence-electron chi connectivity index (χ3n) is 4.76. The molecule has 0 radical (unpaired) electrons. The highest BCUT2D eigenvalue weighted by Crippen LogP contribution is 2.27. The molecule has 0 spiro atoms. The van der Waals surface area contributed by atoms with Crippen LogP contribution in [-0.2, 0) is 28.9 Å². The van der Waals surface area contributed by atoms with Crippen molar-refractivity contribution >= 4 is 5.97 Å². The lowest BCUT2D eigenvalue weighted by molar-refractivity contribution is -0.146. The van der Waals surface area contributed by atoms with E-state index in [1.54, 1.807) is 0 Å². The Balaban J connectivity index is 1.66. The summed E-state index contributed by atoms with van der Waals surface area (Å²) >= 11 is 0. The van der Waals surface area contributed by atoms with E-state index < -0.39 is 0 Å². The number of likely N-dealkylation sites (tertiary alicyclic amines) is 1. The summed E-state index contributed by atoms with van der Waals surface area (Å²) in [6, 6.07) is 6.90. The van der Waals surface area contributed by atoms with E-state index in [1.807, 2.05) is 0 Å². The summed E-state index contributed by atoms with van der Waals surface area (Å²) in [7, 11) is 1.48.